The number of Topliss-reactive ketones (excluding diaryl/α,β-unsaturated/α-hetero) is 1. The number of ketones is 1. The van der Waals surface area contributed by atoms with Gasteiger partial charge in [-0.25, -0.2) is 0 Å². The van der Waals surface area contributed by atoms with Gasteiger partial charge in [0.05, 0.1) is 11.6 Å². The molecule has 0 saturated carbocycles. The Morgan fingerprint density at radius 3 is 2.35 bits per heavy atom. The average molecular weight is 368 g/mol. The topological polar surface area (TPSA) is 57.6 Å². The van der Waals surface area contributed by atoms with E-state index >= 15 is 0 Å². The number of amides is 1. The van der Waals surface area contributed by atoms with Crippen LogP contribution in [0.2, 0.25) is 5.02 Å². The van der Waals surface area contributed by atoms with Gasteiger partial charge in [-0.1, -0.05) is 59.6 Å². The highest BCUT2D eigenvalue weighted by atomic mass is 35.5. The number of aliphatic hydroxyl groups is 1. The number of halogens is 1. The summed E-state index contributed by atoms with van der Waals surface area (Å²) in [6.45, 7) is 5.79. The average Bonchev–Trinajstić information content (AvgIpc) is 2.88. The number of aliphatic hydroxyl groups excluding tert-OH is 1. The molecule has 1 aliphatic heterocycles. The molecule has 1 amide bonds. The summed E-state index contributed by atoms with van der Waals surface area (Å²) in [4.78, 5) is 26.6. The lowest BCUT2D eigenvalue weighted by Crippen LogP contribution is -2.29. The number of benzene rings is 2. The molecule has 3 rings (SSSR count). The van der Waals surface area contributed by atoms with Crippen molar-refractivity contribution in [1.29, 1.82) is 0 Å². The Morgan fingerprint density at radius 2 is 1.77 bits per heavy atom. The number of likely N-dealkylation sites (tertiary alicyclic amines) is 1. The number of aryl methyl sites for hydroxylation is 1. The van der Waals surface area contributed by atoms with Crippen LogP contribution in [0.5, 0.6) is 0 Å². The molecule has 26 heavy (non-hydrogen) atoms. The first kappa shape index (κ1) is 18.0. The number of nitrogens with zero attached hydrogens (tertiary/aromatic N) is 1. The molecule has 1 unspecified atom stereocenters. The molecule has 1 heterocycles. The van der Waals surface area contributed by atoms with Gasteiger partial charge in [-0.05, 0) is 24.6 Å². The lowest BCUT2D eigenvalue weighted by Gasteiger charge is -2.24. The number of carbonyl (C=O) groups excluding carboxylic acids is 2. The Balaban J connectivity index is 2.18. The highest BCUT2D eigenvalue weighted by Gasteiger charge is 2.45. The van der Waals surface area contributed by atoms with Crippen LogP contribution < -0.4 is 0 Å². The molecule has 1 fully saturated rings. The van der Waals surface area contributed by atoms with E-state index in [0.717, 1.165) is 5.56 Å². The largest absolute Gasteiger partial charge is 0.507 e. The van der Waals surface area contributed by atoms with E-state index in [-0.39, 0.29) is 17.9 Å². The van der Waals surface area contributed by atoms with E-state index < -0.39 is 17.7 Å². The summed E-state index contributed by atoms with van der Waals surface area (Å²) in [6.07, 6.45) is 1.56. The summed E-state index contributed by atoms with van der Waals surface area (Å²) in [7, 11) is 0. The van der Waals surface area contributed by atoms with Crippen LogP contribution in [-0.4, -0.2) is 28.2 Å². The molecule has 1 atom stereocenters. The van der Waals surface area contributed by atoms with E-state index in [1.54, 1.807) is 42.5 Å². The van der Waals surface area contributed by atoms with Crippen LogP contribution in [-0.2, 0) is 9.59 Å². The molecule has 0 spiro atoms. The minimum atomic E-state index is -0.704. The molecule has 2 aromatic carbocycles. The first-order valence-corrected chi connectivity index (χ1v) is 8.53. The minimum absolute atomic E-state index is 0.0722. The number of hydrogen-bond acceptors (Lipinski definition) is 3. The predicted molar refractivity (Wildman–Crippen MR) is 102 cm³/mol. The molecule has 2 aromatic rings. The van der Waals surface area contributed by atoms with E-state index in [9.17, 15) is 14.7 Å². The van der Waals surface area contributed by atoms with Crippen LogP contribution in [0.15, 0.2) is 66.8 Å². The van der Waals surface area contributed by atoms with Crippen molar-refractivity contribution in [3.63, 3.8) is 0 Å². The normalized spacial score (nSPS) is 19.0. The van der Waals surface area contributed by atoms with Crippen molar-refractivity contribution in [2.45, 2.75) is 13.0 Å². The Labute approximate surface area is 157 Å². The molecule has 0 radical (unpaired) electrons. The Hall–Kier alpha value is -2.85. The molecule has 0 aliphatic carbocycles. The molecular formula is C21H18ClNO3. The summed E-state index contributed by atoms with van der Waals surface area (Å²) >= 11 is 5.96. The van der Waals surface area contributed by atoms with Crippen molar-refractivity contribution in [2.24, 2.45) is 0 Å². The molecule has 4 nitrogen and oxygen atoms in total. The maximum atomic E-state index is 12.7. The van der Waals surface area contributed by atoms with Gasteiger partial charge in [-0.3, -0.25) is 9.59 Å². The van der Waals surface area contributed by atoms with Crippen molar-refractivity contribution in [2.75, 3.05) is 6.54 Å². The van der Waals surface area contributed by atoms with Crippen LogP contribution in [0.3, 0.4) is 0 Å². The highest BCUT2D eigenvalue weighted by molar-refractivity contribution is 6.46. The summed E-state index contributed by atoms with van der Waals surface area (Å²) in [5, 5.41) is 11.3. The van der Waals surface area contributed by atoms with Gasteiger partial charge in [-0.2, -0.15) is 0 Å². The molecule has 1 N–H and O–H groups in total. The van der Waals surface area contributed by atoms with Gasteiger partial charge in [0.15, 0.2) is 0 Å². The lowest BCUT2D eigenvalue weighted by atomic mass is 9.95. The molecule has 0 aromatic heterocycles. The van der Waals surface area contributed by atoms with Crippen molar-refractivity contribution in [3.8, 4) is 0 Å². The van der Waals surface area contributed by atoms with Gasteiger partial charge < -0.3 is 10.0 Å². The van der Waals surface area contributed by atoms with E-state index in [2.05, 4.69) is 6.58 Å². The lowest BCUT2D eigenvalue weighted by molar-refractivity contribution is -0.139. The van der Waals surface area contributed by atoms with E-state index in [1.807, 2.05) is 19.1 Å². The molecule has 1 aliphatic rings. The maximum Gasteiger partial charge on any atom is 0.295 e. The second-order valence-electron chi connectivity index (χ2n) is 6.16. The van der Waals surface area contributed by atoms with Gasteiger partial charge in [0, 0.05) is 17.1 Å². The van der Waals surface area contributed by atoms with Crippen LogP contribution in [0.25, 0.3) is 5.76 Å². The van der Waals surface area contributed by atoms with E-state index in [0.29, 0.717) is 16.1 Å². The predicted octanol–water partition coefficient (Wildman–Crippen LogP) is 4.26. The summed E-state index contributed by atoms with van der Waals surface area (Å²) in [5.74, 6) is -1.54. The quantitative estimate of drug-likeness (QED) is 0.380. The number of hydrogen-bond donors (Lipinski definition) is 1. The fourth-order valence-corrected chi connectivity index (χ4v) is 3.19. The van der Waals surface area contributed by atoms with Crippen LogP contribution in [0.1, 0.15) is 22.7 Å². The third-order valence-electron chi connectivity index (χ3n) is 4.38. The standard InChI is InChI=1S/C21H18ClNO3/c1-3-12-23-18(14-8-10-16(22)11-9-14)17(20(25)21(23)26)19(24)15-6-4-13(2)5-7-15/h3-11,18,24H,1,12H2,2H3/b19-17+. The number of rotatable bonds is 4. The minimum Gasteiger partial charge on any atom is -0.507 e. The van der Waals surface area contributed by atoms with Crippen LogP contribution >= 0.6 is 11.6 Å². The maximum absolute atomic E-state index is 12.7. The second-order valence-corrected chi connectivity index (χ2v) is 6.59. The molecular weight excluding hydrogens is 350 g/mol. The molecule has 1 saturated heterocycles. The molecule has 5 heteroatoms. The molecule has 132 valence electrons. The third kappa shape index (κ3) is 3.16. The highest BCUT2D eigenvalue weighted by Crippen LogP contribution is 2.39. The zero-order valence-corrected chi connectivity index (χ0v) is 15.0. The molecule has 0 bridgehead atoms. The van der Waals surface area contributed by atoms with Crippen molar-refractivity contribution < 1.29 is 14.7 Å². The van der Waals surface area contributed by atoms with Gasteiger partial charge in [0.1, 0.15) is 5.76 Å². The van der Waals surface area contributed by atoms with Crippen LogP contribution in [0, 0.1) is 6.92 Å². The third-order valence-corrected chi connectivity index (χ3v) is 4.63. The fraction of sp³-hybridized carbons (Fsp3) is 0.143. The zero-order valence-electron chi connectivity index (χ0n) is 14.3. The summed E-state index contributed by atoms with van der Waals surface area (Å²) in [6, 6.07) is 13.3. The first-order valence-electron chi connectivity index (χ1n) is 8.16. The second kappa shape index (κ2) is 7.18. The number of carbonyl (C=O) groups is 2. The Morgan fingerprint density at radius 1 is 1.15 bits per heavy atom. The summed E-state index contributed by atoms with van der Waals surface area (Å²) < 4.78 is 0. The van der Waals surface area contributed by atoms with Gasteiger partial charge in [0.25, 0.3) is 11.7 Å². The van der Waals surface area contributed by atoms with Gasteiger partial charge in [-0.15, -0.1) is 6.58 Å². The SMILES string of the molecule is C=CCN1C(=O)C(=O)/C(=C(/O)c2ccc(C)cc2)C1c1ccc(Cl)cc1. The summed E-state index contributed by atoms with van der Waals surface area (Å²) in [5.41, 5.74) is 2.29. The van der Waals surface area contributed by atoms with Crippen LogP contribution in [0.4, 0.5) is 0 Å². The van der Waals surface area contributed by atoms with E-state index in [1.165, 1.54) is 4.90 Å². The van der Waals surface area contributed by atoms with E-state index in [4.69, 9.17) is 11.6 Å². The monoisotopic (exact) mass is 367 g/mol. The zero-order chi connectivity index (χ0) is 18.8. The Bertz CT molecular complexity index is 898. The fourth-order valence-electron chi connectivity index (χ4n) is 3.07. The van der Waals surface area contributed by atoms with Gasteiger partial charge in [0.2, 0.25) is 0 Å². The van der Waals surface area contributed by atoms with Crippen molar-refractivity contribution in [3.05, 3.63) is 88.5 Å². The first-order chi connectivity index (χ1) is 12.4. The van der Waals surface area contributed by atoms with Crippen molar-refractivity contribution in [1.82, 2.24) is 4.90 Å². The van der Waals surface area contributed by atoms with Gasteiger partial charge >= 0.3 is 0 Å². The Kier molecular flexibility index (Phi) is 4.96. The van der Waals surface area contributed by atoms with Crippen molar-refractivity contribution >= 4 is 29.1 Å². The smallest absolute Gasteiger partial charge is 0.295 e.